The van der Waals surface area contributed by atoms with Crippen molar-refractivity contribution in [2.45, 2.75) is 52.0 Å². The minimum Gasteiger partial charge on any atom is -0.363 e. The number of para-hydroxylation sites is 1. The molecule has 0 radical (unpaired) electrons. The molecule has 1 aromatic rings. The van der Waals surface area contributed by atoms with E-state index in [1.54, 1.807) is 6.92 Å². The van der Waals surface area contributed by atoms with Gasteiger partial charge in [0.15, 0.2) is 0 Å². The Labute approximate surface area is 149 Å². The molecule has 0 saturated heterocycles. The van der Waals surface area contributed by atoms with Crippen LogP contribution in [0.15, 0.2) is 24.3 Å². The maximum absolute atomic E-state index is 11.7. The Balaban J connectivity index is 0.000000830. The summed E-state index contributed by atoms with van der Waals surface area (Å²) in [6.45, 7) is 7.13. The van der Waals surface area contributed by atoms with Gasteiger partial charge in [-0.1, -0.05) is 37.9 Å². The smallest absolute Gasteiger partial charge is 0.363 e. The molecule has 0 bridgehead atoms. The van der Waals surface area contributed by atoms with Crippen LogP contribution in [-0.4, -0.2) is 11.9 Å². The number of carbonyl (C=O) groups excluding carboxylic acids is 1. The number of benzene rings is 1. The van der Waals surface area contributed by atoms with Crippen molar-refractivity contribution in [3.8, 4) is 0 Å². The molecule has 2 rings (SSSR count). The van der Waals surface area contributed by atoms with E-state index < -0.39 is 0 Å². The summed E-state index contributed by atoms with van der Waals surface area (Å²) in [6, 6.07) is 11.1. The standard InChI is InChI=1S/C14H17NO.C3H7.Y/c1-12(16)15(13-8-4-2-5-9-13)14-10-6-3-7-11-14;1-3-2;/h2,4-5,8,10,14H,3,6-7,11H2,1H3;1,3H2,2H3;/q-2;-1;+3. The molecule has 0 N–H and O–H groups in total. The van der Waals surface area contributed by atoms with Gasteiger partial charge in [-0.05, 0) is 0 Å². The van der Waals surface area contributed by atoms with Crippen LogP contribution < -0.4 is 4.90 Å². The molecule has 0 aromatic heterocycles. The van der Waals surface area contributed by atoms with Crippen LogP contribution in [0.3, 0.4) is 0 Å². The van der Waals surface area contributed by atoms with Crippen LogP contribution >= 0.6 is 0 Å². The summed E-state index contributed by atoms with van der Waals surface area (Å²) >= 11 is 0. The number of nitrogens with zero attached hydrogens (tertiary/aromatic N) is 1. The number of hydrogen-bond donors (Lipinski definition) is 0. The SMILES string of the molecule is CC(=O)N(c1[c-]cccc1)C1[CH-]CCCC1.[CH2-]CC.[Y+3]. The number of hydrogen-bond acceptors (Lipinski definition) is 1. The second-order valence-corrected chi connectivity index (χ2v) is 4.72. The molecule has 1 fully saturated rings. The van der Waals surface area contributed by atoms with Crippen LogP contribution in [0, 0.1) is 19.4 Å². The van der Waals surface area contributed by atoms with Crippen LogP contribution in [-0.2, 0) is 37.5 Å². The average Bonchev–Trinajstić information content (AvgIpc) is 2.42. The summed E-state index contributed by atoms with van der Waals surface area (Å²) in [4.78, 5) is 13.6. The van der Waals surface area contributed by atoms with Gasteiger partial charge in [-0.15, -0.1) is 6.07 Å². The maximum Gasteiger partial charge on any atom is 3.00 e. The molecule has 1 aliphatic rings. The Bertz CT molecular complexity index is 361. The normalized spacial score (nSPS) is 17.2. The molecule has 20 heavy (non-hydrogen) atoms. The Morgan fingerprint density at radius 1 is 1.50 bits per heavy atom. The molecular formula is C17H24NOY. The number of amides is 1. The van der Waals surface area contributed by atoms with Crippen molar-refractivity contribution >= 4 is 11.6 Å². The van der Waals surface area contributed by atoms with Gasteiger partial charge in [-0.3, -0.25) is 4.79 Å². The summed E-state index contributed by atoms with van der Waals surface area (Å²) in [5.74, 6) is 0.102. The van der Waals surface area contributed by atoms with Crippen LogP contribution in [0.1, 0.15) is 46.0 Å². The molecule has 0 spiro atoms. The predicted octanol–water partition coefficient (Wildman–Crippen LogP) is 4.21. The molecule has 1 unspecified atom stereocenters. The van der Waals surface area contributed by atoms with E-state index in [4.69, 9.17) is 0 Å². The Morgan fingerprint density at radius 2 is 2.20 bits per heavy atom. The molecular weight excluding hydrogens is 323 g/mol. The molecule has 0 heterocycles. The molecule has 1 atom stereocenters. The zero-order valence-electron chi connectivity index (χ0n) is 12.6. The molecule has 0 aliphatic heterocycles. The maximum atomic E-state index is 11.7. The molecule has 3 heteroatoms. The summed E-state index contributed by atoms with van der Waals surface area (Å²) in [6.07, 6.45) is 7.90. The molecule has 106 valence electrons. The number of anilines is 1. The van der Waals surface area contributed by atoms with Gasteiger partial charge in [0.25, 0.3) is 0 Å². The second-order valence-electron chi connectivity index (χ2n) is 4.72. The third kappa shape index (κ3) is 6.50. The van der Waals surface area contributed by atoms with E-state index in [1.807, 2.05) is 36.1 Å². The van der Waals surface area contributed by atoms with Crippen molar-refractivity contribution in [2.24, 2.45) is 0 Å². The van der Waals surface area contributed by atoms with Crippen molar-refractivity contribution in [3.05, 3.63) is 43.7 Å². The molecule has 1 amide bonds. The van der Waals surface area contributed by atoms with Crippen molar-refractivity contribution in [3.63, 3.8) is 0 Å². The van der Waals surface area contributed by atoms with Gasteiger partial charge in [0.05, 0.1) is 0 Å². The largest absolute Gasteiger partial charge is 3.00 e. The predicted molar refractivity (Wildman–Crippen MR) is 80.6 cm³/mol. The summed E-state index contributed by atoms with van der Waals surface area (Å²) < 4.78 is 0. The van der Waals surface area contributed by atoms with Gasteiger partial charge in [-0.2, -0.15) is 37.1 Å². The first-order valence-corrected chi connectivity index (χ1v) is 7.09. The summed E-state index contributed by atoms with van der Waals surface area (Å²) in [5, 5.41) is 0. The zero-order chi connectivity index (χ0) is 14.1. The van der Waals surface area contributed by atoms with Gasteiger partial charge in [0, 0.05) is 6.92 Å². The van der Waals surface area contributed by atoms with Gasteiger partial charge >= 0.3 is 32.7 Å². The molecule has 2 nitrogen and oxygen atoms in total. The first-order valence-electron chi connectivity index (χ1n) is 7.09. The monoisotopic (exact) mass is 347 g/mol. The minimum atomic E-state index is 0. The van der Waals surface area contributed by atoms with Gasteiger partial charge in [0.2, 0.25) is 5.91 Å². The van der Waals surface area contributed by atoms with E-state index in [-0.39, 0.29) is 44.7 Å². The van der Waals surface area contributed by atoms with E-state index in [0.717, 1.165) is 24.9 Å². The van der Waals surface area contributed by atoms with Crippen molar-refractivity contribution < 1.29 is 37.5 Å². The number of carbonyl (C=O) groups is 1. The van der Waals surface area contributed by atoms with Crippen LogP contribution in [0.4, 0.5) is 5.69 Å². The fourth-order valence-corrected chi connectivity index (χ4v) is 2.28. The third-order valence-corrected chi connectivity index (χ3v) is 3.02. The Kier molecular flexibility index (Phi) is 11.3. The number of rotatable bonds is 2. The Morgan fingerprint density at radius 3 is 2.65 bits per heavy atom. The fraction of sp³-hybridized carbons (Fsp3) is 0.471. The summed E-state index contributed by atoms with van der Waals surface area (Å²) in [7, 11) is 0. The van der Waals surface area contributed by atoms with Crippen LogP contribution in [0.25, 0.3) is 0 Å². The van der Waals surface area contributed by atoms with E-state index in [9.17, 15) is 4.79 Å². The van der Waals surface area contributed by atoms with E-state index >= 15 is 0 Å². The van der Waals surface area contributed by atoms with Crippen molar-refractivity contribution in [1.29, 1.82) is 0 Å². The molecule has 1 aromatic carbocycles. The van der Waals surface area contributed by atoms with E-state index in [2.05, 4.69) is 19.4 Å². The topological polar surface area (TPSA) is 20.3 Å². The zero-order valence-corrected chi connectivity index (χ0v) is 15.5. The minimum absolute atomic E-state index is 0. The summed E-state index contributed by atoms with van der Waals surface area (Å²) in [5.41, 5.74) is 0.887. The van der Waals surface area contributed by atoms with Gasteiger partial charge in [-0.25, -0.2) is 0 Å². The average molecular weight is 347 g/mol. The third-order valence-electron chi connectivity index (χ3n) is 3.02. The van der Waals surface area contributed by atoms with Crippen molar-refractivity contribution in [1.82, 2.24) is 0 Å². The molecule has 1 aliphatic carbocycles. The first kappa shape index (κ1) is 19.8. The second kappa shape index (κ2) is 11.5. The van der Waals surface area contributed by atoms with E-state index in [1.165, 1.54) is 12.8 Å². The Hall–Kier alpha value is -0.206. The van der Waals surface area contributed by atoms with Crippen LogP contribution in [0.2, 0.25) is 0 Å². The molecule has 1 saturated carbocycles. The van der Waals surface area contributed by atoms with Crippen LogP contribution in [0.5, 0.6) is 0 Å². The fourth-order valence-electron chi connectivity index (χ4n) is 2.28. The quantitative estimate of drug-likeness (QED) is 0.734. The van der Waals surface area contributed by atoms with Crippen molar-refractivity contribution in [2.75, 3.05) is 4.90 Å². The van der Waals surface area contributed by atoms with Gasteiger partial charge in [0.1, 0.15) is 0 Å². The van der Waals surface area contributed by atoms with E-state index in [0.29, 0.717) is 0 Å². The first-order chi connectivity index (χ1) is 9.20. The van der Waals surface area contributed by atoms with Gasteiger partial charge < -0.3 is 18.2 Å².